The molecule has 0 aliphatic carbocycles. The maximum absolute atomic E-state index is 11.3. The highest BCUT2D eigenvalue weighted by Crippen LogP contribution is 2.10. The minimum atomic E-state index is -0.0731. The first-order chi connectivity index (χ1) is 7.07. The summed E-state index contributed by atoms with van der Waals surface area (Å²) in [5.41, 5.74) is 0. The van der Waals surface area contributed by atoms with E-state index in [4.69, 9.17) is 4.74 Å². The second-order valence-corrected chi connectivity index (χ2v) is 4.61. The fourth-order valence-electron chi connectivity index (χ4n) is 1.43. The van der Waals surface area contributed by atoms with E-state index in [-0.39, 0.29) is 18.0 Å². The second-order valence-electron chi connectivity index (χ2n) is 4.61. The Morgan fingerprint density at radius 1 is 1.07 bits per heavy atom. The minimum Gasteiger partial charge on any atom is -0.462 e. The molecule has 0 aromatic carbocycles. The lowest BCUT2D eigenvalue weighted by atomic mass is 10.1. The highest BCUT2D eigenvalue weighted by atomic mass is 16.5. The minimum absolute atomic E-state index is 0.00691. The fourth-order valence-corrected chi connectivity index (χ4v) is 1.43. The fraction of sp³-hybridized carbons (Fsp3) is 0.923. The monoisotopic (exact) mass is 214 g/mol. The highest BCUT2D eigenvalue weighted by molar-refractivity contribution is 5.71. The smallest absolute Gasteiger partial charge is 0.308 e. The van der Waals surface area contributed by atoms with Crippen LogP contribution in [0.2, 0.25) is 0 Å². The molecule has 0 radical (unpaired) electrons. The van der Waals surface area contributed by atoms with Crippen LogP contribution in [-0.2, 0) is 9.53 Å². The first-order valence-corrected chi connectivity index (χ1v) is 6.28. The Bertz CT molecular complexity index is 164. The summed E-state index contributed by atoms with van der Waals surface area (Å²) in [6.07, 6.45) is 7.42. The van der Waals surface area contributed by atoms with E-state index in [1.807, 2.05) is 20.8 Å². The third-order valence-electron chi connectivity index (χ3n) is 2.50. The Morgan fingerprint density at radius 3 is 2.20 bits per heavy atom. The number of unbranched alkanes of at least 4 members (excludes halogenated alkanes) is 4. The average Bonchev–Trinajstić information content (AvgIpc) is 2.17. The zero-order valence-electron chi connectivity index (χ0n) is 10.7. The predicted molar refractivity (Wildman–Crippen MR) is 63.8 cm³/mol. The molecule has 0 bridgehead atoms. The van der Waals surface area contributed by atoms with Gasteiger partial charge in [-0.25, -0.2) is 0 Å². The Kier molecular flexibility index (Phi) is 8.44. The molecular formula is C13H26O2. The van der Waals surface area contributed by atoms with Crippen LogP contribution in [0.15, 0.2) is 0 Å². The third kappa shape index (κ3) is 8.46. The van der Waals surface area contributed by atoms with Gasteiger partial charge in [-0.05, 0) is 19.8 Å². The van der Waals surface area contributed by atoms with Crippen LogP contribution in [-0.4, -0.2) is 12.1 Å². The predicted octanol–water partition coefficient (Wildman–Crippen LogP) is 3.93. The number of carbonyl (C=O) groups is 1. The van der Waals surface area contributed by atoms with Crippen LogP contribution in [0.1, 0.15) is 66.2 Å². The lowest BCUT2D eigenvalue weighted by molar-refractivity contribution is -0.152. The molecule has 0 saturated heterocycles. The Hall–Kier alpha value is -0.530. The van der Waals surface area contributed by atoms with Crippen molar-refractivity contribution < 1.29 is 9.53 Å². The molecular weight excluding hydrogens is 188 g/mol. The van der Waals surface area contributed by atoms with E-state index in [0.717, 1.165) is 6.42 Å². The zero-order valence-corrected chi connectivity index (χ0v) is 10.7. The van der Waals surface area contributed by atoms with Crippen molar-refractivity contribution in [2.75, 3.05) is 0 Å². The summed E-state index contributed by atoms with van der Waals surface area (Å²) in [5, 5.41) is 0. The average molecular weight is 214 g/mol. The molecule has 2 heteroatoms. The summed E-state index contributed by atoms with van der Waals surface area (Å²) in [7, 11) is 0. The maximum atomic E-state index is 11.3. The number of hydrogen-bond donors (Lipinski definition) is 0. The molecule has 0 amide bonds. The number of carbonyl (C=O) groups excluding carboxylic acids is 1. The van der Waals surface area contributed by atoms with Gasteiger partial charge in [0.1, 0.15) is 0 Å². The van der Waals surface area contributed by atoms with Crippen LogP contribution in [0.4, 0.5) is 0 Å². The molecule has 2 nitrogen and oxygen atoms in total. The van der Waals surface area contributed by atoms with E-state index < -0.39 is 0 Å². The van der Waals surface area contributed by atoms with Crippen molar-refractivity contribution >= 4 is 5.97 Å². The van der Waals surface area contributed by atoms with Crippen molar-refractivity contribution in [2.24, 2.45) is 5.92 Å². The van der Waals surface area contributed by atoms with Gasteiger partial charge in [0, 0.05) is 0 Å². The van der Waals surface area contributed by atoms with Crippen molar-refractivity contribution in [3.8, 4) is 0 Å². The van der Waals surface area contributed by atoms with Crippen LogP contribution >= 0.6 is 0 Å². The third-order valence-corrected chi connectivity index (χ3v) is 2.50. The molecule has 0 aliphatic rings. The molecule has 0 aliphatic heterocycles. The topological polar surface area (TPSA) is 26.3 Å². The van der Waals surface area contributed by atoms with Gasteiger partial charge in [-0.15, -0.1) is 0 Å². The molecule has 1 atom stereocenters. The highest BCUT2D eigenvalue weighted by Gasteiger charge is 2.12. The van der Waals surface area contributed by atoms with Crippen LogP contribution in [0.3, 0.4) is 0 Å². The summed E-state index contributed by atoms with van der Waals surface area (Å²) in [6.45, 7) is 7.94. The molecule has 15 heavy (non-hydrogen) atoms. The van der Waals surface area contributed by atoms with Crippen LogP contribution in [0.5, 0.6) is 0 Å². The summed E-state index contributed by atoms with van der Waals surface area (Å²) < 4.78 is 5.28. The molecule has 1 unspecified atom stereocenters. The maximum Gasteiger partial charge on any atom is 0.308 e. The van der Waals surface area contributed by atoms with Gasteiger partial charge in [0.05, 0.1) is 12.0 Å². The summed E-state index contributed by atoms with van der Waals surface area (Å²) in [5.74, 6) is -0.0800. The Balaban J connectivity index is 3.41. The molecule has 0 saturated carbocycles. The van der Waals surface area contributed by atoms with Crippen molar-refractivity contribution in [1.29, 1.82) is 0 Å². The van der Waals surface area contributed by atoms with Gasteiger partial charge >= 0.3 is 5.97 Å². The van der Waals surface area contributed by atoms with E-state index in [0.29, 0.717) is 0 Å². The van der Waals surface area contributed by atoms with Gasteiger partial charge in [-0.3, -0.25) is 4.79 Å². The summed E-state index contributed by atoms with van der Waals surface area (Å²) in [4.78, 5) is 11.3. The molecule has 90 valence electrons. The molecule has 0 spiro atoms. The van der Waals surface area contributed by atoms with Crippen LogP contribution < -0.4 is 0 Å². The van der Waals surface area contributed by atoms with Crippen LogP contribution in [0.25, 0.3) is 0 Å². The van der Waals surface area contributed by atoms with E-state index >= 15 is 0 Å². The van der Waals surface area contributed by atoms with E-state index in [1.165, 1.54) is 32.1 Å². The number of rotatable bonds is 8. The SMILES string of the molecule is CCCCCCCC(C)OC(=O)C(C)C. The largest absolute Gasteiger partial charge is 0.462 e. The van der Waals surface area contributed by atoms with E-state index in [1.54, 1.807) is 0 Å². The van der Waals surface area contributed by atoms with E-state index in [2.05, 4.69) is 6.92 Å². The summed E-state index contributed by atoms with van der Waals surface area (Å²) >= 11 is 0. The zero-order chi connectivity index (χ0) is 11.7. The van der Waals surface area contributed by atoms with E-state index in [9.17, 15) is 4.79 Å². The van der Waals surface area contributed by atoms with Crippen molar-refractivity contribution in [3.63, 3.8) is 0 Å². The number of esters is 1. The second kappa shape index (κ2) is 8.75. The van der Waals surface area contributed by atoms with Crippen LogP contribution in [0, 0.1) is 5.92 Å². The van der Waals surface area contributed by atoms with Gasteiger partial charge in [0.25, 0.3) is 0 Å². The molecule has 0 heterocycles. The molecule has 0 N–H and O–H groups in total. The quantitative estimate of drug-likeness (QED) is 0.452. The first kappa shape index (κ1) is 14.5. The van der Waals surface area contributed by atoms with Gasteiger partial charge in [0.15, 0.2) is 0 Å². The normalized spacial score (nSPS) is 12.9. The van der Waals surface area contributed by atoms with Gasteiger partial charge in [0.2, 0.25) is 0 Å². The molecule has 0 aromatic rings. The number of hydrogen-bond acceptors (Lipinski definition) is 2. The molecule has 0 rings (SSSR count). The Labute approximate surface area is 94.4 Å². The molecule has 0 aromatic heterocycles. The number of ether oxygens (including phenoxy) is 1. The molecule has 0 fully saturated rings. The Morgan fingerprint density at radius 2 is 1.67 bits per heavy atom. The van der Waals surface area contributed by atoms with Crippen molar-refractivity contribution in [2.45, 2.75) is 72.3 Å². The standard InChI is InChI=1S/C13H26O2/c1-5-6-7-8-9-10-12(4)15-13(14)11(2)3/h11-12H,5-10H2,1-4H3. The summed E-state index contributed by atoms with van der Waals surface area (Å²) in [6, 6.07) is 0. The first-order valence-electron chi connectivity index (χ1n) is 6.28. The van der Waals surface area contributed by atoms with Crippen molar-refractivity contribution in [1.82, 2.24) is 0 Å². The van der Waals surface area contributed by atoms with Gasteiger partial charge in [-0.1, -0.05) is 46.5 Å². The lowest BCUT2D eigenvalue weighted by Gasteiger charge is -2.14. The van der Waals surface area contributed by atoms with Crippen molar-refractivity contribution in [3.05, 3.63) is 0 Å². The lowest BCUT2D eigenvalue weighted by Crippen LogP contribution is -2.18. The van der Waals surface area contributed by atoms with Gasteiger partial charge in [-0.2, -0.15) is 0 Å². The van der Waals surface area contributed by atoms with Gasteiger partial charge < -0.3 is 4.74 Å².